The van der Waals surface area contributed by atoms with Gasteiger partial charge in [-0.25, -0.2) is 4.79 Å². The molecule has 44 heavy (non-hydrogen) atoms. The van der Waals surface area contributed by atoms with E-state index in [4.69, 9.17) is 11.6 Å². The van der Waals surface area contributed by atoms with Crippen molar-refractivity contribution in [3.63, 3.8) is 0 Å². The van der Waals surface area contributed by atoms with E-state index in [1.54, 1.807) is 54.6 Å². The van der Waals surface area contributed by atoms with Gasteiger partial charge in [0.05, 0.1) is 0 Å². The summed E-state index contributed by atoms with van der Waals surface area (Å²) in [6, 6.07) is 12.8. The van der Waals surface area contributed by atoms with Crippen molar-refractivity contribution in [1.82, 2.24) is 0 Å². The van der Waals surface area contributed by atoms with Crippen LogP contribution in [0, 0.1) is 17.3 Å². The highest BCUT2D eigenvalue weighted by atomic mass is 35.5. The molecule has 4 aliphatic carbocycles. The van der Waals surface area contributed by atoms with Crippen LogP contribution < -0.4 is 10.6 Å². The summed E-state index contributed by atoms with van der Waals surface area (Å²) < 4.78 is 71.6. The SMILES string of the molecule is C[C@]12C[C@H](c3ccc(NC(=O)Nc4ccc(Cl)cc4)cc3)C3=C4CCC(=O)C=C4CCC3C1CC[C@@]2(O)C(F)(F)C(F)(F)F. The van der Waals surface area contributed by atoms with Crippen LogP contribution in [0.2, 0.25) is 5.02 Å². The van der Waals surface area contributed by atoms with Gasteiger partial charge in [-0.15, -0.1) is 0 Å². The van der Waals surface area contributed by atoms with Gasteiger partial charge in [-0.3, -0.25) is 4.79 Å². The molecule has 0 bridgehead atoms. The summed E-state index contributed by atoms with van der Waals surface area (Å²) >= 11 is 5.89. The summed E-state index contributed by atoms with van der Waals surface area (Å²) in [5, 5.41) is 17.3. The lowest BCUT2D eigenvalue weighted by Gasteiger charge is -2.56. The molecule has 2 aromatic carbocycles. The molecule has 4 aliphatic rings. The minimum Gasteiger partial charge on any atom is -0.383 e. The van der Waals surface area contributed by atoms with Gasteiger partial charge in [0.2, 0.25) is 0 Å². The Morgan fingerprint density at radius 3 is 2.16 bits per heavy atom. The monoisotopic (exact) mass is 634 g/mol. The Morgan fingerprint density at radius 1 is 0.932 bits per heavy atom. The molecular weight excluding hydrogens is 603 g/mol. The summed E-state index contributed by atoms with van der Waals surface area (Å²) in [5.41, 5.74) is -0.448. The van der Waals surface area contributed by atoms with Crippen LogP contribution in [0.4, 0.5) is 38.1 Å². The molecule has 2 amide bonds. The number of hydrogen-bond acceptors (Lipinski definition) is 3. The molecule has 0 saturated heterocycles. The van der Waals surface area contributed by atoms with Crippen LogP contribution in [-0.4, -0.2) is 34.6 Å². The first-order valence-corrected chi connectivity index (χ1v) is 15.1. The molecule has 2 unspecified atom stereocenters. The number of anilines is 2. The molecule has 0 radical (unpaired) electrons. The molecule has 11 heteroatoms. The Bertz CT molecular complexity index is 1550. The number of aliphatic hydroxyl groups is 1. The number of carbonyl (C=O) groups is 2. The third-order valence-electron chi connectivity index (χ3n) is 10.4. The maximum absolute atomic E-state index is 15.2. The van der Waals surface area contributed by atoms with Gasteiger partial charge in [0.1, 0.15) is 5.60 Å². The number of nitrogens with one attached hydrogen (secondary N) is 2. The van der Waals surface area contributed by atoms with Gasteiger partial charge in [-0.2, -0.15) is 22.0 Å². The number of fused-ring (bicyclic) bond motifs is 4. The van der Waals surface area contributed by atoms with Crippen molar-refractivity contribution in [3.8, 4) is 0 Å². The predicted molar refractivity (Wildman–Crippen MR) is 157 cm³/mol. The summed E-state index contributed by atoms with van der Waals surface area (Å²) in [6.07, 6.45) is -3.13. The van der Waals surface area contributed by atoms with Crippen LogP contribution in [0.15, 0.2) is 71.3 Å². The number of urea groups is 1. The lowest BCUT2D eigenvalue weighted by molar-refractivity contribution is -0.362. The van der Waals surface area contributed by atoms with Crippen LogP contribution >= 0.6 is 11.6 Å². The highest BCUT2D eigenvalue weighted by molar-refractivity contribution is 6.30. The molecule has 2 fully saturated rings. The largest absolute Gasteiger partial charge is 0.456 e. The third-order valence-corrected chi connectivity index (χ3v) is 10.7. The number of alkyl halides is 5. The van der Waals surface area contributed by atoms with Crippen LogP contribution in [-0.2, 0) is 4.79 Å². The maximum Gasteiger partial charge on any atom is 0.456 e. The van der Waals surface area contributed by atoms with E-state index >= 15 is 8.78 Å². The smallest absolute Gasteiger partial charge is 0.383 e. The van der Waals surface area contributed by atoms with Crippen molar-refractivity contribution in [2.75, 3.05) is 10.6 Å². The molecule has 2 aromatic rings. The minimum atomic E-state index is -5.90. The molecule has 2 saturated carbocycles. The summed E-state index contributed by atoms with van der Waals surface area (Å²) in [6.45, 7) is 1.39. The summed E-state index contributed by atoms with van der Waals surface area (Å²) in [7, 11) is 0. The molecular formula is C33H32ClF5N2O3. The zero-order valence-electron chi connectivity index (χ0n) is 23.9. The number of carbonyl (C=O) groups excluding carboxylic acids is 2. The molecule has 0 spiro atoms. The molecule has 5 atom stereocenters. The number of benzene rings is 2. The van der Waals surface area contributed by atoms with Gasteiger partial charge >= 0.3 is 18.1 Å². The highest BCUT2D eigenvalue weighted by Crippen LogP contribution is 2.70. The number of hydrogen-bond donors (Lipinski definition) is 3. The first-order chi connectivity index (χ1) is 20.6. The number of allylic oxidation sites excluding steroid dienone is 4. The van der Waals surface area contributed by atoms with Gasteiger partial charge in [-0.1, -0.05) is 36.2 Å². The zero-order valence-corrected chi connectivity index (χ0v) is 24.7. The van der Waals surface area contributed by atoms with Crippen molar-refractivity contribution >= 4 is 34.8 Å². The number of halogens is 6. The molecule has 3 N–H and O–H groups in total. The van der Waals surface area contributed by atoms with E-state index in [0.717, 1.165) is 16.7 Å². The second-order valence-corrected chi connectivity index (χ2v) is 13.1. The van der Waals surface area contributed by atoms with Crippen molar-refractivity contribution in [1.29, 1.82) is 0 Å². The van der Waals surface area contributed by atoms with E-state index in [9.17, 15) is 27.9 Å². The fourth-order valence-corrected chi connectivity index (χ4v) is 8.47. The summed E-state index contributed by atoms with van der Waals surface area (Å²) in [4.78, 5) is 24.8. The molecule has 234 valence electrons. The van der Waals surface area contributed by atoms with Gasteiger partial charge < -0.3 is 15.7 Å². The van der Waals surface area contributed by atoms with E-state index < -0.39 is 47.4 Å². The average molecular weight is 635 g/mol. The number of ketones is 1. The average Bonchev–Trinajstić information content (AvgIpc) is 3.25. The van der Waals surface area contributed by atoms with Gasteiger partial charge in [0.15, 0.2) is 5.78 Å². The molecule has 0 aromatic heterocycles. The Kier molecular flexibility index (Phi) is 7.47. The van der Waals surface area contributed by atoms with E-state index in [1.165, 1.54) is 6.92 Å². The topological polar surface area (TPSA) is 78.4 Å². The Balaban J connectivity index is 1.36. The minimum absolute atomic E-state index is 0.0207. The molecule has 0 heterocycles. The fraction of sp³-hybridized carbons (Fsp3) is 0.455. The first-order valence-electron chi connectivity index (χ1n) is 14.7. The van der Waals surface area contributed by atoms with Crippen molar-refractivity contribution in [2.24, 2.45) is 17.3 Å². The second-order valence-electron chi connectivity index (χ2n) is 12.7. The Labute approximate surface area is 256 Å². The second kappa shape index (κ2) is 10.7. The van der Waals surface area contributed by atoms with Gasteiger partial charge in [0.25, 0.3) is 0 Å². The van der Waals surface area contributed by atoms with Gasteiger partial charge in [-0.05, 0) is 110 Å². The first kappa shape index (κ1) is 30.8. The third kappa shape index (κ3) is 4.85. The Hall–Kier alpha value is -3.24. The van der Waals surface area contributed by atoms with Crippen LogP contribution in [0.25, 0.3) is 0 Å². The van der Waals surface area contributed by atoms with E-state index in [0.29, 0.717) is 47.6 Å². The lowest BCUT2D eigenvalue weighted by Crippen LogP contribution is -2.65. The van der Waals surface area contributed by atoms with E-state index in [2.05, 4.69) is 10.6 Å². The number of rotatable bonds is 4. The van der Waals surface area contributed by atoms with E-state index in [-0.39, 0.29) is 24.5 Å². The van der Waals surface area contributed by atoms with Crippen LogP contribution in [0.5, 0.6) is 0 Å². The van der Waals surface area contributed by atoms with Crippen molar-refractivity contribution in [2.45, 2.75) is 75.5 Å². The number of amides is 2. The zero-order chi connectivity index (χ0) is 31.7. The van der Waals surface area contributed by atoms with Crippen LogP contribution in [0.1, 0.15) is 63.4 Å². The predicted octanol–water partition coefficient (Wildman–Crippen LogP) is 8.81. The highest BCUT2D eigenvalue weighted by Gasteiger charge is 2.79. The van der Waals surface area contributed by atoms with Crippen LogP contribution in [0.3, 0.4) is 0 Å². The molecule has 0 aliphatic heterocycles. The quantitative estimate of drug-likeness (QED) is 0.294. The Morgan fingerprint density at radius 2 is 1.55 bits per heavy atom. The normalized spacial score (nSPS) is 30.2. The van der Waals surface area contributed by atoms with Gasteiger partial charge in [0, 0.05) is 34.2 Å². The molecule has 6 rings (SSSR count). The fourth-order valence-electron chi connectivity index (χ4n) is 8.34. The maximum atomic E-state index is 15.2. The lowest BCUT2D eigenvalue weighted by atomic mass is 9.50. The summed E-state index contributed by atoms with van der Waals surface area (Å²) in [5.74, 6) is -6.71. The van der Waals surface area contributed by atoms with Crippen molar-refractivity contribution in [3.05, 3.63) is 81.9 Å². The van der Waals surface area contributed by atoms with E-state index in [1.807, 2.05) is 0 Å². The van der Waals surface area contributed by atoms with Crippen molar-refractivity contribution < 1.29 is 36.6 Å². The molecule has 5 nitrogen and oxygen atoms in total. The standard InChI is InChI=1S/C33H32ClF5N2O3/c1-30-17-26(18-2-7-21(8-3-18)40-29(43)41-22-9-5-20(34)6-10-22)28-24-13-11-23(42)16-19(24)4-12-25(28)27(30)14-15-31(30,44)32(35,36)33(37,38)39/h2-3,5-10,16,25-27,44H,4,11-15,17H2,1H3,(H2,40,41,43)/t25?,26-,27?,30+,31+/m1/s1.